The minimum absolute atomic E-state index is 0.182. The number of nitrogens with one attached hydrogen (secondary N) is 1. The molecular formula is C12H22N2O2. The number of nitrogens with zero attached hydrogens (tertiary/aromatic N) is 1. The molecule has 0 rings (SSSR count). The number of methoxy groups -OCH3 is 1. The Hall–Kier alpha value is -1.08. The Morgan fingerprint density at radius 2 is 2.06 bits per heavy atom. The van der Waals surface area contributed by atoms with Crippen molar-refractivity contribution in [1.29, 1.82) is 5.26 Å². The zero-order valence-corrected chi connectivity index (χ0v) is 10.5. The fourth-order valence-electron chi connectivity index (χ4n) is 1.29. The van der Waals surface area contributed by atoms with Gasteiger partial charge in [-0.15, -0.1) is 0 Å². The highest BCUT2D eigenvalue weighted by Gasteiger charge is 2.15. The standard InChI is InChI=1S/C12H22N2O2/c1-12(2,10-13)7-4-5-8-14-9-6-11(15)16-3/h14H,4-9H2,1-3H3. The second kappa shape index (κ2) is 8.12. The molecule has 4 heteroatoms. The molecule has 0 aromatic rings. The average Bonchev–Trinajstić information content (AvgIpc) is 2.27. The third-order valence-electron chi connectivity index (χ3n) is 2.44. The van der Waals surface area contributed by atoms with E-state index < -0.39 is 0 Å². The zero-order chi connectivity index (χ0) is 12.4. The molecule has 0 heterocycles. The maximum absolute atomic E-state index is 10.8. The Morgan fingerprint density at radius 3 is 2.62 bits per heavy atom. The van der Waals surface area contributed by atoms with Gasteiger partial charge >= 0.3 is 5.97 Å². The first-order valence-electron chi connectivity index (χ1n) is 5.70. The maximum Gasteiger partial charge on any atom is 0.306 e. The van der Waals surface area contributed by atoms with E-state index >= 15 is 0 Å². The van der Waals surface area contributed by atoms with Crippen molar-refractivity contribution in [2.45, 2.75) is 39.5 Å². The molecule has 92 valence electrons. The number of rotatable bonds is 8. The van der Waals surface area contributed by atoms with Crippen LogP contribution < -0.4 is 5.32 Å². The predicted molar refractivity (Wildman–Crippen MR) is 62.7 cm³/mol. The first-order valence-corrected chi connectivity index (χ1v) is 5.70. The number of hydrogen-bond acceptors (Lipinski definition) is 4. The van der Waals surface area contributed by atoms with E-state index in [1.807, 2.05) is 13.8 Å². The van der Waals surface area contributed by atoms with Gasteiger partial charge in [-0.3, -0.25) is 4.79 Å². The fraction of sp³-hybridized carbons (Fsp3) is 0.833. The summed E-state index contributed by atoms with van der Waals surface area (Å²) in [5.74, 6) is -0.182. The van der Waals surface area contributed by atoms with Crippen LogP contribution in [0.3, 0.4) is 0 Å². The van der Waals surface area contributed by atoms with Gasteiger partial charge in [0.2, 0.25) is 0 Å². The summed E-state index contributed by atoms with van der Waals surface area (Å²) in [5.41, 5.74) is -0.216. The quantitative estimate of drug-likeness (QED) is 0.507. The third kappa shape index (κ3) is 8.25. The summed E-state index contributed by atoms with van der Waals surface area (Å²) < 4.78 is 4.52. The van der Waals surface area contributed by atoms with Gasteiger partial charge in [0.15, 0.2) is 0 Å². The number of carbonyl (C=O) groups is 1. The SMILES string of the molecule is COC(=O)CCNCCCCC(C)(C)C#N. The molecule has 0 radical (unpaired) electrons. The summed E-state index contributed by atoms with van der Waals surface area (Å²) in [6.07, 6.45) is 3.40. The van der Waals surface area contributed by atoms with Crippen molar-refractivity contribution >= 4 is 5.97 Å². The van der Waals surface area contributed by atoms with E-state index in [0.29, 0.717) is 13.0 Å². The molecule has 0 atom stereocenters. The van der Waals surface area contributed by atoms with Crippen LogP contribution in [0.1, 0.15) is 39.5 Å². The first kappa shape index (κ1) is 14.9. The lowest BCUT2D eigenvalue weighted by Gasteiger charge is -2.14. The van der Waals surface area contributed by atoms with Crippen LogP contribution >= 0.6 is 0 Å². The molecule has 0 aromatic heterocycles. The molecule has 16 heavy (non-hydrogen) atoms. The van der Waals surface area contributed by atoms with Crippen molar-refractivity contribution in [3.8, 4) is 6.07 Å². The molecule has 0 aliphatic heterocycles. The first-order chi connectivity index (χ1) is 7.52. The number of esters is 1. The van der Waals surface area contributed by atoms with Crippen LogP contribution in [0.5, 0.6) is 0 Å². The molecule has 0 bridgehead atoms. The highest BCUT2D eigenvalue weighted by molar-refractivity contribution is 5.69. The molecule has 0 fully saturated rings. The minimum Gasteiger partial charge on any atom is -0.469 e. The average molecular weight is 226 g/mol. The van der Waals surface area contributed by atoms with E-state index in [9.17, 15) is 4.79 Å². The van der Waals surface area contributed by atoms with Crippen LogP contribution in [0.15, 0.2) is 0 Å². The van der Waals surface area contributed by atoms with E-state index in [2.05, 4.69) is 16.1 Å². The Labute approximate surface area is 98.0 Å². The van der Waals surface area contributed by atoms with Crippen LogP contribution in [0.25, 0.3) is 0 Å². The molecule has 0 aliphatic carbocycles. The summed E-state index contributed by atoms with van der Waals surface area (Å²) >= 11 is 0. The molecular weight excluding hydrogens is 204 g/mol. The number of carbonyl (C=O) groups excluding carboxylic acids is 1. The van der Waals surface area contributed by atoms with Crippen molar-refractivity contribution in [3.05, 3.63) is 0 Å². The molecule has 0 saturated heterocycles. The van der Waals surface area contributed by atoms with Crippen LogP contribution in [0, 0.1) is 16.7 Å². The Kier molecular flexibility index (Phi) is 7.57. The minimum atomic E-state index is -0.216. The van der Waals surface area contributed by atoms with E-state index in [1.54, 1.807) is 0 Å². The molecule has 4 nitrogen and oxygen atoms in total. The van der Waals surface area contributed by atoms with Crippen molar-refractivity contribution in [3.63, 3.8) is 0 Å². The second-order valence-electron chi connectivity index (χ2n) is 4.53. The van der Waals surface area contributed by atoms with Crippen LogP contribution in [0.4, 0.5) is 0 Å². The zero-order valence-electron chi connectivity index (χ0n) is 10.5. The summed E-state index contributed by atoms with van der Waals surface area (Å²) in [4.78, 5) is 10.8. The summed E-state index contributed by atoms with van der Waals surface area (Å²) in [5, 5.41) is 12.0. The van der Waals surface area contributed by atoms with E-state index in [0.717, 1.165) is 25.8 Å². The second-order valence-corrected chi connectivity index (χ2v) is 4.53. The van der Waals surface area contributed by atoms with Crippen molar-refractivity contribution < 1.29 is 9.53 Å². The van der Waals surface area contributed by atoms with Gasteiger partial charge in [0.05, 0.1) is 25.0 Å². The van der Waals surface area contributed by atoms with Gasteiger partial charge in [0.25, 0.3) is 0 Å². The molecule has 0 aromatic carbocycles. The van der Waals surface area contributed by atoms with Gasteiger partial charge in [0, 0.05) is 6.54 Å². The number of hydrogen-bond donors (Lipinski definition) is 1. The summed E-state index contributed by atoms with van der Waals surface area (Å²) in [6.45, 7) is 5.46. The molecule has 0 aliphatic rings. The van der Waals surface area contributed by atoms with Crippen LogP contribution in [-0.2, 0) is 9.53 Å². The van der Waals surface area contributed by atoms with Gasteiger partial charge in [-0.05, 0) is 33.2 Å². The van der Waals surface area contributed by atoms with Crippen LogP contribution in [0.2, 0.25) is 0 Å². The lowest BCUT2D eigenvalue weighted by Crippen LogP contribution is -2.20. The lowest BCUT2D eigenvalue weighted by atomic mass is 9.89. The Balaban J connectivity index is 3.29. The largest absolute Gasteiger partial charge is 0.469 e. The van der Waals surface area contributed by atoms with E-state index in [-0.39, 0.29) is 11.4 Å². The van der Waals surface area contributed by atoms with Gasteiger partial charge in [-0.1, -0.05) is 6.42 Å². The summed E-state index contributed by atoms with van der Waals surface area (Å²) in [6, 6.07) is 2.28. The Morgan fingerprint density at radius 1 is 1.38 bits per heavy atom. The monoisotopic (exact) mass is 226 g/mol. The van der Waals surface area contributed by atoms with Gasteiger partial charge < -0.3 is 10.1 Å². The summed E-state index contributed by atoms with van der Waals surface area (Å²) in [7, 11) is 1.40. The molecule has 0 amide bonds. The third-order valence-corrected chi connectivity index (χ3v) is 2.44. The van der Waals surface area contributed by atoms with Crippen molar-refractivity contribution in [2.24, 2.45) is 5.41 Å². The number of ether oxygens (including phenoxy) is 1. The molecule has 0 spiro atoms. The van der Waals surface area contributed by atoms with Crippen molar-refractivity contribution in [2.75, 3.05) is 20.2 Å². The van der Waals surface area contributed by atoms with Gasteiger partial charge in [-0.2, -0.15) is 5.26 Å². The highest BCUT2D eigenvalue weighted by Crippen LogP contribution is 2.21. The lowest BCUT2D eigenvalue weighted by molar-refractivity contribution is -0.140. The Bertz CT molecular complexity index is 244. The smallest absolute Gasteiger partial charge is 0.306 e. The van der Waals surface area contributed by atoms with Gasteiger partial charge in [-0.25, -0.2) is 0 Å². The fourth-order valence-corrected chi connectivity index (χ4v) is 1.29. The molecule has 0 saturated carbocycles. The van der Waals surface area contributed by atoms with Crippen LogP contribution in [-0.4, -0.2) is 26.2 Å². The topological polar surface area (TPSA) is 62.1 Å². The van der Waals surface area contributed by atoms with Gasteiger partial charge in [0.1, 0.15) is 0 Å². The predicted octanol–water partition coefficient (Wildman–Crippen LogP) is 1.86. The molecule has 0 unspecified atom stereocenters. The molecule has 1 N–H and O–H groups in total. The number of unbranched alkanes of at least 4 members (excludes halogenated alkanes) is 1. The maximum atomic E-state index is 10.8. The van der Waals surface area contributed by atoms with E-state index in [1.165, 1.54) is 7.11 Å². The van der Waals surface area contributed by atoms with Crippen molar-refractivity contribution in [1.82, 2.24) is 5.32 Å². The normalized spacial score (nSPS) is 10.9. The number of nitriles is 1. The highest BCUT2D eigenvalue weighted by atomic mass is 16.5. The van der Waals surface area contributed by atoms with E-state index in [4.69, 9.17) is 5.26 Å².